The molecule has 1 saturated heterocycles. The van der Waals surface area contributed by atoms with Crippen LogP contribution in [-0.4, -0.2) is 47.9 Å². The highest BCUT2D eigenvalue weighted by atomic mass is 32.1. The van der Waals surface area contributed by atoms with Crippen molar-refractivity contribution in [2.75, 3.05) is 31.1 Å². The van der Waals surface area contributed by atoms with Crippen molar-refractivity contribution in [2.24, 2.45) is 5.92 Å². The molecule has 0 bridgehead atoms. The molecule has 2 aliphatic rings. The topological polar surface area (TPSA) is 65.5 Å². The maximum absolute atomic E-state index is 13.0. The molecule has 1 N–H and O–H groups in total. The van der Waals surface area contributed by atoms with Crippen LogP contribution in [0, 0.1) is 11.7 Å². The highest BCUT2D eigenvalue weighted by Crippen LogP contribution is 2.34. The number of amides is 2. The van der Waals surface area contributed by atoms with E-state index in [1.807, 2.05) is 4.90 Å². The number of aromatic nitrogens is 1. The zero-order valence-corrected chi connectivity index (χ0v) is 17.3. The van der Waals surface area contributed by atoms with Crippen LogP contribution in [0.3, 0.4) is 0 Å². The fourth-order valence-corrected chi connectivity index (χ4v) is 5.11. The Hall–Kier alpha value is -2.48. The third-order valence-electron chi connectivity index (χ3n) is 5.67. The van der Waals surface area contributed by atoms with E-state index < -0.39 is 0 Å². The molecule has 2 heterocycles. The van der Waals surface area contributed by atoms with E-state index in [1.54, 1.807) is 30.4 Å². The molecule has 0 unspecified atom stereocenters. The molecular formula is C21H25FN4O2S. The molecular weight excluding hydrogens is 391 g/mol. The van der Waals surface area contributed by atoms with E-state index in [9.17, 15) is 14.0 Å². The van der Waals surface area contributed by atoms with Gasteiger partial charge in [-0.1, -0.05) is 12.1 Å². The Morgan fingerprint density at radius 1 is 1.21 bits per heavy atom. The Kier molecular flexibility index (Phi) is 5.80. The van der Waals surface area contributed by atoms with Crippen molar-refractivity contribution in [3.8, 4) is 0 Å². The molecule has 0 radical (unpaired) electrons. The number of rotatable bonds is 4. The number of anilines is 1. The van der Waals surface area contributed by atoms with Gasteiger partial charge in [0.1, 0.15) is 5.82 Å². The Balaban J connectivity index is 1.33. The minimum Gasteiger partial charge on any atom is -0.352 e. The van der Waals surface area contributed by atoms with E-state index in [2.05, 4.69) is 10.2 Å². The molecule has 2 amide bonds. The summed E-state index contributed by atoms with van der Waals surface area (Å²) in [5, 5.41) is 3.98. The number of halogens is 1. The van der Waals surface area contributed by atoms with Crippen LogP contribution >= 0.6 is 11.3 Å². The second kappa shape index (κ2) is 8.49. The standard InChI is InChI=1S/C21H25FN4O2S/c1-14(27)25-8-10-26(11-9-25)21-24-18-7-4-16(12-19(18)29-21)20(28)23-13-15-2-5-17(22)6-3-15/h2-3,5-6,16H,4,7-13H2,1H3,(H,23,28)/t16-/m0/s1. The number of thiazole rings is 1. The Bertz CT molecular complexity index is 891. The highest BCUT2D eigenvalue weighted by Gasteiger charge is 2.29. The quantitative estimate of drug-likeness (QED) is 0.831. The fourth-order valence-electron chi connectivity index (χ4n) is 3.87. The molecule has 0 saturated carbocycles. The van der Waals surface area contributed by atoms with Crippen molar-refractivity contribution in [3.05, 3.63) is 46.2 Å². The zero-order chi connectivity index (χ0) is 20.4. The first-order valence-electron chi connectivity index (χ1n) is 10.0. The van der Waals surface area contributed by atoms with Crippen LogP contribution in [0.4, 0.5) is 9.52 Å². The number of hydrogen-bond donors (Lipinski definition) is 1. The number of piperazine rings is 1. The molecule has 8 heteroatoms. The first-order valence-corrected chi connectivity index (χ1v) is 10.8. The molecule has 29 heavy (non-hydrogen) atoms. The normalized spacial score (nSPS) is 19.0. The first kappa shape index (κ1) is 19.8. The smallest absolute Gasteiger partial charge is 0.223 e. The summed E-state index contributed by atoms with van der Waals surface area (Å²) < 4.78 is 13.0. The average molecular weight is 417 g/mol. The van der Waals surface area contributed by atoms with E-state index in [0.29, 0.717) is 6.54 Å². The van der Waals surface area contributed by atoms with Crippen LogP contribution in [0.2, 0.25) is 0 Å². The molecule has 154 valence electrons. The molecule has 1 atom stereocenters. The van der Waals surface area contributed by atoms with Gasteiger partial charge in [-0.2, -0.15) is 0 Å². The molecule has 1 aliphatic carbocycles. The number of nitrogens with one attached hydrogen (secondary N) is 1. The number of aryl methyl sites for hydroxylation is 1. The number of fused-ring (bicyclic) bond motifs is 1. The van der Waals surface area contributed by atoms with E-state index in [-0.39, 0.29) is 23.5 Å². The molecule has 6 nitrogen and oxygen atoms in total. The minimum absolute atomic E-state index is 0.0463. The van der Waals surface area contributed by atoms with Crippen LogP contribution < -0.4 is 10.2 Å². The summed E-state index contributed by atoms with van der Waals surface area (Å²) in [6.45, 7) is 5.08. The number of carbonyl (C=O) groups is 2. The summed E-state index contributed by atoms with van der Waals surface area (Å²) >= 11 is 1.68. The SMILES string of the molecule is CC(=O)N1CCN(c2nc3c(s2)C[C@@H](C(=O)NCc2ccc(F)cc2)CC3)CC1. The Morgan fingerprint density at radius 3 is 2.62 bits per heavy atom. The van der Waals surface area contributed by atoms with Gasteiger partial charge in [-0.25, -0.2) is 9.37 Å². The van der Waals surface area contributed by atoms with Gasteiger partial charge < -0.3 is 15.1 Å². The lowest BCUT2D eigenvalue weighted by molar-refractivity contribution is -0.129. The lowest BCUT2D eigenvalue weighted by Crippen LogP contribution is -2.48. The van der Waals surface area contributed by atoms with Gasteiger partial charge >= 0.3 is 0 Å². The number of nitrogens with zero attached hydrogens (tertiary/aromatic N) is 3. The fraction of sp³-hybridized carbons (Fsp3) is 0.476. The summed E-state index contributed by atoms with van der Waals surface area (Å²) in [4.78, 5) is 34.2. The molecule has 4 rings (SSSR count). The first-order chi connectivity index (χ1) is 14.0. The molecule has 1 fully saturated rings. The van der Waals surface area contributed by atoms with Gasteiger partial charge in [-0.05, 0) is 37.0 Å². The summed E-state index contributed by atoms with van der Waals surface area (Å²) in [6, 6.07) is 6.19. The lowest BCUT2D eigenvalue weighted by atomic mass is 9.90. The number of carbonyl (C=O) groups excluding carboxylic acids is 2. The third-order valence-corrected chi connectivity index (χ3v) is 6.86. The second-order valence-corrected chi connectivity index (χ2v) is 8.71. The highest BCUT2D eigenvalue weighted by molar-refractivity contribution is 7.15. The summed E-state index contributed by atoms with van der Waals surface area (Å²) in [6.07, 6.45) is 2.33. The van der Waals surface area contributed by atoms with E-state index in [0.717, 1.165) is 61.8 Å². The van der Waals surface area contributed by atoms with Crippen LogP contribution in [0.1, 0.15) is 29.5 Å². The maximum Gasteiger partial charge on any atom is 0.223 e. The van der Waals surface area contributed by atoms with Crippen LogP contribution in [0.15, 0.2) is 24.3 Å². The largest absolute Gasteiger partial charge is 0.352 e. The average Bonchev–Trinajstić information content (AvgIpc) is 3.16. The molecule has 1 aromatic carbocycles. The van der Waals surface area contributed by atoms with E-state index in [4.69, 9.17) is 4.98 Å². The number of hydrogen-bond acceptors (Lipinski definition) is 5. The van der Waals surface area contributed by atoms with Gasteiger partial charge in [0.05, 0.1) is 5.69 Å². The molecule has 1 aromatic heterocycles. The minimum atomic E-state index is -0.274. The predicted molar refractivity (Wildman–Crippen MR) is 110 cm³/mol. The van der Waals surface area contributed by atoms with Crippen LogP contribution in [-0.2, 0) is 29.0 Å². The van der Waals surface area contributed by atoms with Gasteiger partial charge in [0.15, 0.2) is 5.13 Å². The van der Waals surface area contributed by atoms with Gasteiger partial charge in [0, 0.05) is 50.4 Å². The molecule has 2 aromatic rings. The second-order valence-electron chi connectivity index (χ2n) is 7.64. The van der Waals surface area contributed by atoms with Gasteiger partial charge in [-0.3, -0.25) is 9.59 Å². The van der Waals surface area contributed by atoms with Crippen molar-refractivity contribution < 1.29 is 14.0 Å². The Labute approximate surface area is 173 Å². The predicted octanol–water partition coefficient (Wildman–Crippen LogP) is 2.37. The Morgan fingerprint density at radius 2 is 1.93 bits per heavy atom. The van der Waals surface area contributed by atoms with E-state index >= 15 is 0 Å². The van der Waals surface area contributed by atoms with Crippen molar-refractivity contribution in [1.82, 2.24) is 15.2 Å². The van der Waals surface area contributed by atoms with Gasteiger partial charge in [0.2, 0.25) is 11.8 Å². The zero-order valence-electron chi connectivity index (χ0n) is 16.5. The van der Waals surface area contributed by atoms with Crippen molar-refractivity contribution >= 4 is 28.3 Å². The summed E-state index contributed by atoms with van der Waals surface area (Å²) in [5.74, 6) is -0.156. The van der Waals surface area contributed by atoms with Crippen molar-refractivity contribution in [2.45, 2.75) is 32.7 Å². The lowest BCUT2D eigenvalue weighted by Gasteiger charge is -2.33. The third kappa shape index (κ3) is 4.58. The van der Waals surface area contributed by atoms with Crippen LogP contribution in [0.25, 0.3) is 0 Å². The van der Waals surface area contributed by atoms with Crippen molar-refractivity contribution in [1.29, 1.82) is 0 Å². The number of benzene rings is 1. The van der Waals surface area contributed by atoms with Gasteiger partial charge in [-0.15, -0.1) is 11.3 Å². The summed E-state index contributed by atoms with van der Waals surface area (Å²) in [5.41, 5.74) is 2.00. The van der Waals surface area contributed by atoms with Crippen molar-refractivity contribution in [3.63, 3.8) is 0 Å². The van der Waals surface area contributed by atoms with Crippen LogP contribution in [0.5, 0.6) is 0 Å². The van der Waals surface area contributed by atoms with Gasteiger partial charge in [0.25, 0.3) is 0 Å². The summed E-state index contributed by atoms with van der Waals surface area (Å²) in [7, 11) is 0. The molecule has 1 aliphatic heterocycles. The molecule has 0 spiro atoms. The maximum atomic E-state index is 13.0. The monoisotopic (exact) mass is 416 g/mol. The van der Waals surface area contributed by atoms with E-state index in [1.165, 1.54) is 17.0 Å².